The number of carbonyl (C=O) groups excluding carboxylic acids is 4. The van der Waals surface area contributed by atoms with Gasteiger partial charge in [-0.2, -0.15) is 0 Å². The van der Waals surface area contributed by atoms with Crippen LogP contribution in [0.3, 0.4) is 0 Å². The molecule has 3 aliphatic rings. The fourth-order valence-corrected chi connectivity index (χ4v) is 5.80. The lowest BCUT2D eigenvalue weighted by Gasteiger charge is -2.26. The van der Waals surface area contributed by atoms with Gasteiger partial charge in [-0.05, 0) is 63.1 Å². The van der Waals surface area contributed by atoms with Gasteiger partial charge in [-0.25, -0.2) is 0 Å². The molecule has 1 aromatic rings. The van der Waals surface area contributed by atoms with Crippen molar-refractivity contribution in [1.82, 2.24) is 10.6 Å². The Balaban J connectivity index is 1.46. The fourth-order valence-electron chi connectivity index (χ4n) is 5.80. The summed E-state index contributed by atoms with van der Waals surface area (Å²) in [5.41, 5.74) is 0.0281. The molecule has 40 heavy (non-hydrogen) atoms. The molecule has 0 aromatic heterocycles. The molecule has 2 saturated heterocycles. The minimum Gasteiger partial charge on any atom is -0.497 e. The highest BCUT2D eigenvalue weighted by Gasteiger charge is 2.50. The highest BCUT2D eigenvalue weighted by atomic mass is 16.6. The summed E-state index contributed by atoms with van der Waals surface area (Å²) in [4.78, 5) is 53.1. The summed E-state index contributed by atoms with van der Waals surface area (Å²) in [5, 5.41) is 5.84. The second-order valence-corrected chi connectivity index (χ2v) is 11.9. The predicted molar refractivity (Wildman–Crippen MR) is 149 cm³/mol. The number of hydrogen-bond acceptors (Lipinski definition) is 7. The number of benzene rings is 1. The molecular formula is C31H44N2O7. The number of Topliss-reactive ketones (excluding diaryl/α,β-unsaturated/α-hetero) is 2. The number of hydrogen-bond donors (Lipinski definition) is 2. The molecule has 9 heteroatoms. The maximum Gasteiger partial charge on any atom is 0.226 e. The van der Waals surface area contributed by atoms with Gasteiger partial charge in [0.25, 0.3) is 0 Å². The van der Waals surface area contributed by atoms with E-state index in [0.717, 1.165) is 44.1 Å². The smallest absolute Gasteiger partial charge is 0.226 e. The highest BCUT2D eigenvalue weighted by molar-refractivity contribution is 5.98. The number of methoxy groups -OCH3 is 1. The summed E-state index contributed by atoms with van der Waals surface area (Å²) >= 11 is 0. The van der Waals surface area contributed by atoms with Crippen LogP contribution in [-0.2, 0) is 35.1 Å². The summed E-state index contributed by atoms with van der Waals surface area (Å²) in [5.74, 6) is -0.741. The van der Waals surface area contributed by atoms with Gasteiger partial charge < -0.3 is 24.8 Å². The largest absolute Gasteiger partial charge is 0.497 e. The molecule has 0 radical (unpaired) electrons. The molecule has 1 aromatic carbocycles. The maximum absolute atomic E-state index is 13.7. The Kier molecular flexibility index (Phi) is 10.4. The molecule has 9 nitrogen and oxygen atoms in total. The minimum absolute atomic E-state index is 0.0570. The zero-order valence-electron chi connectivity index (χ0n) is 24.0. The van der Waals surface area contributed by atoms with Crippen LogP contribution in [-0.4, -0.2) is 68.0 Å². The Labute approximate surface area is 237 Å². The van der Waals surface area contributed by atoms with E-state index in [1.807, 2.05) is 24.3 Å². The van der Waals surface area contributed by atoms with Crippen LogP contribution in [0.25, 0.3) is 0 Å². The summed E-state index contributed by atoms with van der Waals surface area (Å²) in [6.45, 7) is 4.79. The quantitative estimate of drug-likeness (QED) is 0.338. The number of nitrogens with one attached hydrogen (secondary N) is 2. The highest BCUT2D eigenvalue weighted by Crippen LogP contribution is 2.34. The molecule has 2 amide bonds. The molecule has 0 spiro atoms. The van der Waals surface area contributed by atoms with E-state index in [-0.39, 0.29) is 35.7 Å². The van der Waals surface area contributed by atoms with Gasteiger partial charge in [-0.1, -0.05) is 37.8 Å². The molecule has 4 rings (SSSR count). The number of rotatable bonds is 14. The van der Waals surface area contributed by atoms with E-state index in [4.69, 9.17) is 14.2 Å². The third-order valence-corrected chi connectivity index (χ3v) is 8.61. The van der Waals surface area contributed by atoms with Gasteiger partial charge >= 0.3 is 0 Å². The lowest BCUT2D eigenvalue weighted by Crippen LogP contribution is -2.50. The first-order chi connectivity index (χ1) is 19.2. The van der Waals surface area contributed by atoms with Crippen LogP contribution in [0.15, 0.2) is 24.3 Å². The van der Waals surface area contributed by atoms with Crippen molar-refractivity contribution >= 4 is 23.4 Å². The van der Waals surface area contributed by atoms with Crippen LogP contribution in [0.5, 0.6) is 5.75 Å². The fraction of sp³-hybridized carbons (Fsp3) is 0.677. The first kappa shape index (κ1) is 30.2. The SMILES string of the molecule is COc1ccc(CC(CC(=O)C(C)NC(=O)C2CCCOC2)C(=O)NC(CC2CCCC2)C(=O)C2(C)CO2)cc1. The van der Waals surface area contributed by atoms with Crippen molar-refractivity contribution < 1.29 is 33.4 Å². The second-order valence-electron chi connectivity index (χ2n) is 11.9. The van der Waals surface area contributed by atoms with Gasteiger partial charge in [0.15, 0.2) is 11.6 Å². The van der Waals surface area contributed by atoms with E-state index < -0.39 is 23.6 Å². The summed E-state index contributed by atoms with van der Waals surface area (Å²) < 4.78 is 16.1. The van der Waals surface area contributed by atoms with Crippen molar-refractivity contribution in [2.24, 2.45) is 17.8 Å². The first-order valence-electron chi connectivity index (χ1n) is 14.7. The molecule has 2 heterocycles. The molecule has 0 bridgehead atoms. The van der Waals surface area contributed by atoms with Gasteiger partial charge in [-0.3, -0.25) is 19.2 Å². The summed E-state index contributed by atoms with van der Waals surface area (Å²) in [6.07, 6.45) is 6.76. The monoisotopic (exact) mass is 556 g/mol. The number of amides is 2. The Morgan fingerprint density at radius 1 is 1.05 bits per heavy atom. The van der Waals surface area contributed by atoms with E-state index in [2.05, 4.69) is 10.6 Å². The van der Waals surface area contributed by atoms with Gasteiger partial charge in [0.2, 0.25) is 11.8 Å². The van der Waals surface area contributed by atoms with Crippen LogP contribution in [0.1, 0.15) is 70.8 Å². The lowest BCUT2D eigenvalue weighted by atomic mass is 9.88. The zero-order chi connectivity index (χ0) is 28.7. The molecule has 2 aliphatic heterocycles. The van der Waals surface area contributed by atoms with E-state index in [1.165, 1.54) is 0 Å². The molecule has 2 N–H and O–H groups in total. The zero-order valence-corrected chi connectivity index (χ0v) is 24.0. The van der Waals surface area contributed by atoms with Crippen molar-refractivity contribution in [1.29, 1.82) is 0 Å². The first-order valence-corrected chi connectivity index (χ1v) is 14.7. The van der Waals surface area contributed by atoms with Crippen molar-refractivity contribution in [3.05, 3.63) is 29.8 Å². The molecule has 3 fully saturated rings. The maximum atomic E-state index is 13.7. The van der Waals surface area contributed by atoms with Crippen LogP contribution >= 0.6 is 0 Å². The molecule has 5 unspecified atom stereocenters. The van der Waals surface area contributed by atoms with E-state index in [1.54, 1.807) is 21.0 Å². The molecular weight excluding hydrogens is 512 g/mol. The predicted octanol–water partition coefficient (Wildman–Crippen LogP) is 3.17. The van der Waals surface area contributed by atoms with E-state index in [0.29, 0.717) is 44.3 Å². The van der Waals surface area contributed by atoms with Gasteiger partial charge in [0.1, 0.15) is 11.4 Å². The van der Waals surface area contributed by atoms with Crippen molar-refractivity contribution in [3.63, 3.8) is 0 Å². The number of ketones is 2. The Morgan fingerprint density at radius 3 is 2.35 bits per heavy atom. The van der Waals surface area contributed by atoms with Gasteiger partial charge in [0, 0.05) is 18.9 Å². The molecule has 5 atom stereocenters. The number of carbonyl (C=O) groups is 4. The van der Waals surface area contributed by atoms with Crippen LogP contribution in [0.4, 0.5) is 0 Å². The topological polar surface area (TPSA) is 123 Å². The van der Waals surface area contributed by atoms with E-state index >= 15 is 0 Å². The normalized spacial score (nSPS) is 24.9. The summed E-state index contributed by atoms with van der Waals surface area (Å²) in [6, 6.07) is 5.99. The number of epoxide rings is 1. The third-order valence-electron chi connectivity index (χ3n) is 8.61. The van der Waals surface area contributed by atoms with Crippen LogP contribution in [0, 0.1) is 17.8 Å². The van der Waals surface area contributed by atoms with Gasteiger partial charge in [-0.15, -0.1) is 0 Å². The molecule has 1 aliphatic carbocycles. The van der Waals surface area contributed by atoms with Crippen molar-refractivity contribution in [2.45, 2.75) is 89.3 Å². The lowest BCUT2D eigenvalue weighted by molar-refractivity contribution is -0.135. The third kappa shape index (κ3) is 8.13. The van der Waals surface area contributed by atoms with E-state index in [9.17, 15) is 19.2 Å². The minimum atomic E-state index is -0.848. The average molecular weight is 557 g/mol. The summed E-state index contributed by atoms with van der Waals surface area (Å²) in [7, 11) is 1.59. The standard InChI is InChI=1S/C31H44N2O7/c1-20(32-29(36)23-9-6-14-39-18-23)27(34)17-24(15-22-10-12-25(38-3)13-11-22)30(37)33-26(16-21-7-4-5-8-21)28(35)31(2)19-40-31/h10-13,20-21,23-24,26H,4-9,14-19H2,1-3H3,(H,32,36)(H,33,37). The Bertz CT molecular complexity index is 1040. The average Bonchev–Trinajstić information content (AvgIpc) is 3.50. The molecule has 1 saturated carbocycles. The molecule has 220 valence electrons. The van der Waals surface area contributed by atoms with Crippen molar-refractivity contribution in [2.75, 3.05) is 26.9 Å². The van der Waals surface area contributed by atoms with Gasteiger partial charge in [0.05, 0.1) is 38.3 Å². The second kappa shape index (κ2) is 13.7. The van der Waals surface area contributed by atoms with Crippen LogP contribution in [0.2, 0.25) is 0 Å². The van der Waals surface area contributed by atoms with Crippen LogP contribution < -0.4 is 15.4 Å². The Morgan fingerprint density at radius 2 is 1.75 bits per heavy atom. The Hall–Kier alpha value is -2.78. The van der Waals surface area contributed by atoms with Crippen molar-refractivity contribution in [3.8, 4) is 5.75 Å². The number of ether oxygens (including phenoxy) is 3.